The summed E-state index contributed by atoms with van der Waals surface area (Å²) in [5, 5.41) is 20.4. The van der Waals surface area contributed by atoms with Crippen LogP contribution in [0.3, 0.4) is 0 Å². The molecule has 0 bridgehead atoms. The molecule has 0 aromatic heterocycles. The minimum absolute atomic E-state index is 0.101. The van der Waals surface area contributed by atoms with Crippen molar-refractivity contribution < 1.29 is 48.2 Å². The van der Waals surface area contributed by atoms with Gasteiger partial charge in [-0.25, -0.2) is 4.57 Å². The Balaban J connectivity index is 4.32. The minimum atomic E-state index is -4.82. The van der Waals surface area contributed by atoms with E-state index < -0.39 is 44.7 Å². The number of aliphatic hydroxyl groups excluding tert-OH is 2. The second-order valence-corrected chi connectivity index (χ2v) is 12.3. The fraction of sp³-hybridized carbons (Fsp3) is 0.758. The Bertz CT molecular complexity index is 852. The topological polar surface area (TPSA) is 160 Å². The van der Waals surface area contributed by atoms with Crippen LogP contribution >= 0.6 is 7.82 Å². The summed E-state index contributed by atoms with van der Waals surface area (Å²) in [4.78, 5) is 42.4. The predicted octanol–water partition coefficient (Wildman–Crippen LogP) is 7.00. The zero-order valence-electron chi connectivity index (χ0n) is 27.0. The molecule has 0 radical (unpaired) electrons. The molecule has 256 valence electrons. The third kappa shape index (κ3) is 28.9. The normalized spacial score (nSPS) is 14.4. The predicted molar refractivity (Wildman–Crippen MR) is 173 cm³/mol. The van der Waals surface area contributed by atoms with Crippen LogP contribution in [0.1, 0.15) is 129 Å². The molecule has 0 saturated carbocycles. The van der Waals surface area contributed by atoms with Gasteiger partial charge in [-0.1, -0.05) is 102 Å². The standard InChI is InChI=1S/C33H59O10P/c1-3-5-7-9-11-12-13-14-15-17-18-20-23-30(34)31(35)24-22-26-33(37)43-29(28-42-44(38,39)40)27-41-32(36)25-21-19-16-10-8-6-4-2/h11-12,14-15,18,20,29-31,34-35H,3-10,13,16-17,19,21-28H2,1-2H3,(H2,38,39,40)/b12-11-,15-14-,20-18-/t29-,30?,31?/m1/s1. The summed E-state index contributed by atoms with van der Waals surface area (Å²) in [5.74, 6) is -1.18. The molecule has 0 rings (SSSR count). The van der Waals surface area contributed by atoms with Crippen molar-refractivity contribution >= 4 is 19.8 Å². The van der Waals surface area contributed by atoms with Crippen molar-refractivity contribution in [2.45, 2.75) is 148 Å². The molecule has 0 aliphatic carbocycles. The zero-order valence-corrected chi connectivity index (χ0v) is 27.9. The van der Waals surface area contributed by atoms with Crippen LogP contribution in [0.15, 0.2) is 36.5 Å². The highest BCUT2D eigenvalue weighted by Gasteiger charge is 2.23. The van der Waals surface area contributed by atoms with Gasteiger partial charge >= 0.3 is 19.8 Å². The summed E-state index contributed by atoms with van der Waals surface area (Å²) in [6.07, 6.45) is 23.6. The lowest BCUT2D eigenvalue weighted by Gasteiger charge is -2.19. The molecule has 10 nitrogen and oxygen atoms in total. The van der Waals surface area contributed by atoms with E-state index in [9.17, 15) is 24.4 Å². The molecular formula is C33H59O10P. The van der Waals surface area contributed by atoms with Crippen molar-refractivity contribution in [3.8, 4) is 0 Å². The summed E-state index contributed by atoms with van der Waals surface area (Å²) < 4.78 is 25.9. The maximum absolute atomic E-state index is 12.3. The summed E-state index contributed by atoms with van der Waals surface area (Å²) in [6, 6.07) is 0. The lowest BCUT2D eigenvalue weighted by atomic mass is 10.0. The van der Waals surface area contributed by atoms with Gasteiger partial charge in [0.2, 0.25) is 0 Å². The SMILES string of the molecule is CCCCC/C=C\C/C=C\C/C=C\CC(O)C(O)CCCC(=O)O[C@H](COC(=O)CCCCCCCCC)COP(=O)(O)O. The van der Waals surface area contributed by atoms with E-state index in [4.69, 9.17) is 19.3 Å². The van der Waals surface area contributed by atoms with Crippen molar-refractivity contribution in [1.82, 2.24) is 0 Å². The first-order valence-electron chi connectivity index (χ1n) is 16.4. The largest absolute Gasteiger partial charge is 0.469 e. The maximum atomic E-state index is 12.3. The molecule has 0 aliphatic rings. The molecule has 0 aromatic rings. The fourth-order valence-corrected chi connectivity index (χ4v) is 4.60. The second-order valence-electron chi connectivity index (χ2n) is 11.1. The van der Waals surface area contributed by atoms with E-state index in [-0.39, 0.29) is 38.7 Å². The van der Waals surface area contributed by atoms with Gasteiger partial charge in [-0.2, -0.15) is 0 Å². The Morgan fingerprint density at radius 2 is 1.25 bits per heavy atom. The molecular weight excluding hydrogens is 587 g/mol. The quantitative estimate of drug-likeness (QED) is 0.0288. The average Bonchev–Trinajstić information content (AvgIpc) is 2.98. The van der Waals surface area contributed by atoms with E-state index in [2.05, 4.69) is 42.7 Å². The highest BCUT2D eigenvalue weighted by Crippen LogP contribution is 2.35. The third-order valence-corrected chi connectivity index (χ3v) is 7.35. The Kier molecular flexibility index (Phi) is 27.5. The van der Waals surface area contributed by atoms with Gasteiger partial charge in [0.15, 0.2) is 6.10 Å². The highest BCUT2D eigenvalue weighted by atomic mass is 31.2. The van der Waals surface area contributed by atoms with Gasteiger partial charge in [-0.3, -0.25) is 14.1 Å². The number of rotatable bonds is 29. The van der Waals surface area contributed by atoms with Crippen molar-refractivity contribution in [2.24, 2.45) is 0 Å². The number of unbranched alkanes of at least 4 members (excludes halogenated alkanes) is 9. The zero-order chi connectivity index (χ0) is 32.9. The summed E-state index contributed by atoms with van der Waals surface area (Å²) in [7, 11) is -4.82. The van der Waals surface area contributed by atoms with E-state index in [1.807, 2.05) is 12.2 Å². The van der Waals surface area contributed by atoms with E-state index in [0.717, 1.165) is 38.5 Å². The molecule has 2 unspecified atom stereocenters. The first kappa shape index (κ1) is 42.2. The van der Waals surface area contributed by atoms with Crippen LogP contribution in [-0.2, 0) is 28.2 Å². The number of phosphoric acid groups is 1. The van der Waals surface area contributed by atoms with Crippen molar-refractivity contribution in [1.29, 1.82) is 0 Å². The second kappa shape index (κ2) is 28.6. The van der Waals surface area contributed by atoms with Gasteiger partial charge in [0.1, 0.15) is 6.61 Å². The molecule has 0 heterocycles. The fourth-order valence-electron chi connectivity index (χ4n) is 4.24. The first-order chi connectivity index (χ1) is 21.1. The Labute approximate surface area is 265 Å². The summed E-state index contributed by atoms with van der Waals surface area (Å²) in [5.41, 5.74) is 0. The Morgan fingerprint density at radius 3 is 1.91 bits per heavy atom. The molecule has 0 fully saturated rings. The number of hydrogen-bond donors (Lipinski definition) is 4. The van der Waals surface area contributed by atoms with E-state index in [1.54, 1.807) is 0 Å². The van der Waals surface area contributed by atoms with Gasteiger partial charge in [0, 0.05) is 12.8 Å². The lowest BCUT2D eigenvalue weighted by Crippen LogP contribution is -2.30. The maximum Gasteiger partial charge on any atom is 0.469 e. The van der Waals surface area contributed by atoms with Crippen LogP contribution in [0.5, 0.6) is 0 Å². The van der Waals surface area contributed by atoms with Crippen molar-refractivity contribution in [2.75, 3.05) is 13.2 Å². The number of phosphoric ester groups is 1. The lowest BCUT2D eigenvalue weighted by molar-refractivity contribution is -0.161. The molecule has 0 saturated heterocycles. The van der Waals surface area contributed by atoms with Gasteiger partial charge in [-0.05, 0) is 51.4 Å². The molecule has 44 heavy (non-hydrogen) atoms. The number of ether oxygens (including phenoxy) is 2. The number of hydrogen-bond acceptors (Lipinski definition) is 8. The number of esters is 2. The summed E-state index contributed by atoms with van der Waals surface area (Å²) >= 11 is 0. The molecule has 11 heteroatoms. The molecule has 3 atom stereocenters. The van der Waals surface area contributed by atoms with Crippen LogP contribution < -0.4 is 0 Å². The van der Waals surface area contributed by atoms with Crippen LogP contribution in [0.25, 0.3) is 0 Å². The van der Waals surface area contributed by atoms with Crippen LogP contribution in [0.2, 0.25) is 0 Å². The van der Waals surface area contributed by atoms with E-state index >= 15 is 0 Å². The van der Waals surface area contributed by atoms with Gasteiger partial charge in [0.05, 0.1) is 18.8 Å². The first-order valence-corrected chi connectivity index (χ1v) is 18.0. The molecule has 0 aliphatic heterocycles. The van der Waals surface area contributed by atoms with Crippen LogP contribution in [0.4, 0.5) is 0 Å². The molecule has 0 aromatic carbocycles. The average molecular weight is 647 g/mol. The Morgan fingerprint density at radius 1 is 0.682 bits per heavy atom. The van der Waals surface area contributed by atoms with Crippen LogP contribution in [-0.4, -0.2) is 63.5 Å². The summed E-state index contributed by atoms with van der Waals surface area (Å²) in [6.45, 7) is 3.31. The number of allylic oxidation sites excluding steroid dienone is 5. The van der Waals surface area contributed by atoms with Crippen molar-refractivity contribution in [3.63, 3.8) is 0 Å². The Hall–Kier alpha value is -1.81. The van der Waals surface area contributed by atoms with E-state index in [0.29, 0.717) is 6.42 Å². The number of carbonyl (C=O) groups is 2. The third-order valence-electron chi connectivity index (χ3n) is 6.86. The smallest absolute Gasteiger partial charge is 0.462 e. The van der Waals surface area contributed by atoms with Gasteiger partial charge in [0.25, 0.3) is 0 Å². The number of aliphatic hydroxyl groups is 2. The molecule has 0 spiro atoms. The number of carbonyl (C=O) groups excluding carboxylic acids is 2. The molecule has 0 amide bonds. The minimum Gasteiger partial charge on any atom is -0.462 e. The monoisotopic (exact) mass is 646 g/mol. The van der Waals surface area contributed by atoms with Crippen LogP contribution in [0, 0.1) is 0 Å². The van der Waals surface area contributed by atoms with Gasteiger partial charge in [-0.15, -0.1) is 0 Å². The van der Waals surface area contributed by atoms with Crippen molar-refractivity contribution in [3.05, 3.63) is 36.5 Å². The van der Waals surface area contributed by atoms with E-state index in [1.165, 1.54) is 38.5 Å². The highest BCUT2D eigenvalue weighted by molar-refractivity contribution is 7.46. The van der Waals surface area contributed by atoms with Gasteiger partial charge < -0.3 is 29.5 Å². The molecule has 4 N–H and O–H groups in total.